The van der Waals surface area contributed by atoms with Gasteiger partial charge in [0.05, 0.1) is 25.3 Å². The van der Waals surface area contributed by atoms with Crippen molar-refractivity contribution in [2.24, 2.45) is 0 Å². The van der Waals surface area contributed by atoms with Crippen molar-refractivity contribution in [1.82, 2.24) is 15.1 Å². The maximum Gasteiger partial charge on any atom is 0.305 e. The van der Waals surface area contributed by atoms with Crippen LogP contribution in [-0.4, -0.2) is 33.9 Å². The molecule has 0 saturated heterocycles. The molecule has 1 atom stereocenters. The second-order valence-electron chi connectivity index (χ2n) is 6.22. The number of ether oxygens (including phenoxy) is 1. The molecule has 29 heavy (non-hydrogen) atoms. The zero-order valence-corrected chi connectivity index (χ0v) is 15.4. The van der Waals surface area contributed by atoms with Gasteiger partial charge in [0, 0.05) is 6.07 Å². The van der Waals surface area contributed by atoms with Gasteiger partial charge >= 0.3 is 5.97 Å². The monoisotopic (exact) mass is 399 g/mol. The summed E-state index contributed by atoms with van der Waals surface area (Å²) in [6, 6.07) is 12.2. The van der Waals surface area contributed by atoms with Gasteiger partial charge < -0.3 is 15.2 Å². The lowest BCUT2D eigenvalue weighted by atomic mass is 10.0. The van der Waals surface area contributed by atoms with E-state index in [2.05, 4.69) is 10.4 Å². The number of nitrogens with one attached hydrogen (secondary N) is 2. The van der Waals surface area contributed by atoms with Crippen LogP contribution in [0.3, 0.4) is 0 Å². The van der Waals surface area contributed by atoms with E-state index in [4.69, 9.17) is 4.74 Å². The Labute approximate surface area is 164 Å². The summed E-state index contributed by atoms with van der Waals surface area (Å²) in [4.78, 5) is 36.1. The Hall–Kier alpha value is -3.88. The number of rotatable bonds is 7. The van der Waals surface area contributed by atoms with Crippen molar-refractivity contribution in [2.45, 2.75) is 12.5 Å². The lowest BCUT2D eigenvalue weighted by molar-refractivity contribution is -0.137. The van der Waals surface area contributed by atoms with E-state index in [0.29, 0.717) is 11.3 Å². The molecule has 0 aliphatic carbocycles. The van der Waals surface area contributed by atoms with Crippen molar-refractivity contribution in [3.63, 3.8) is 0 Å². The number of carbonyl (C=O) groups is 2. The number of hydrogen-bond acceptors (Lipinski definition) is 4. The summed E-state index contributed by atoms with van der Waals surface area (Å²) in [5.41, 5.74) is 0.116. The first-order chi connectivity index (χ1) is 13.9. The van der Waals surface area contributed by atoms with Gasteiger partial charge in [-0.1, -0.05) is 18.2 Å². The minimum absolute atomic E-state index is 0.0856. The van der Waals surface area contributed by atoms with E-state index in [1.807, 2.05) is 0 Å². The number of carboxylic acids is 1. The SMILES string of the molecule is COc1cccc([C@H](CC(=O)O)NC(=O)c2cc(=O)n(-c3cccc(F)c3)[nH]2)c1. The van der Waals surface area contributed by atoms with Crippen molar-refractivity contribution in [3.05, 3.63) is 82.0 Å². The van der Waals surface area contributed by atoms with E-state index in [1.165, 1.54) is 25.3 Å². The fraction of sp³-hybridized carbons (Fsp3) is 0.150. The summed E-state index contributed by atoms with van der Waals surface area (Å²) < 4.78 is 19.6. The normalized spacial score (nSPS) is 11.7. The third-order valence-corrected chi connectivity index (χ3v) is 4.21. The van der Waals surface area contributed by atoms with Gasteiger partial charge in [0.1, 0.15) is 17.3 Å². The first-order valence-electron chi connectivity index (χ1n) is 8.62. The third kappa shape index (κ3) is 4.70. The van der Waals surface area contributed by atoms with Crippen LogP contribution >= 0.6 is 0 Å². The van der Waals surface area contributed by atoms with E-state index in [-0.39, 0.29) is 17.8 Å². The van der Waals surface area contributed by atoms with Crippen LogP contribution in [-0.2, 0) is 4.79 Å². The Bertz CT molecular complexity index is 1110. The Morgan fingerprint density at radius 3 is 2.66 bits per heavy atom. The molecule has 1 heterocycles. The van der Waals surface area contributed by atoms with Crippen LogP contribution in [0.4, 0.5) is 4.39 Å². The average Bonchev–Trinajstić information content (AvgIpc) is 3.09. The molecule has 0 aliphatic heterocycles. The second kappa shape index (κ2) is 8.42. The summed E-state index contributed by atoms with van der Waals surface area (Å²) in [5, 5.41) is 14.4. The molecule has 0 fully saturated rings. The maximum atomic E-state index is 13.4. The molecule has 150 valence electrons. The highest BCUT2D eigenvalue weighted by atomic mass is 19.1. The molecule has 1 amide bonds. The lowest BCUT2D eigenvalue weighted by Gasteiger charge is -2.17. The zero-order chi connectivity index (χ0) is 21.0. The van der Waals surface area contributed by atoms with Crippen molar-refractivity contribution >= 4 is 11.9 Å². The summed E-state index contributed by atoms with van der Waals surface area (Å²) in [6.45, 7) is 0. The number of carbonyl (C=O) groups excluding carboxylic acids is 1. The molecular weight excluding hydrogens is 381 g/mol. The Morgan fingerprint density at radius 2 is 1.97 bits per heavy atom. The number of H-pyrrole nitrogens is 1. The van der Waals surface area contributed by atoms with Crippen molar-refractivity contribution in [3.8, 4) is 11.4 Å². The highest BCUT2D eigenvalue weighted by molar-refractivity contribution is 5.92. The lowest BCUT2D eigenvalue weighted by Crippen LogP contribution is -2.30. The second-order valence-corrected chi connectivity index (χ2v) is 6.22. The number of halogens is 1. The number of aliphatic carboxylic acids is 1. The minimum atomic E-state index is -1.11. The van der Waals surface area contributed by atoms with Gasteiger partial charge in [-0.3, -0.25) is 19.5 Å². The van der Waals surface area contributed by atoms with Crippen molar-refractivity contribution in [2.75, 3.05) is 7.11 Å². The number of benzene rings is 2. The van der Waals surface area contributed by atoms with Gasteiger partial charge in [-0.15, -0.1) is 0 Å². The summed E-state index contributed by atoms with van der Waals surface area (Å²) in [5.74, 6) is -1.80. The first-order valence-corrected chi connectivity index (χ1v) is 8.62. The molecule has 0 unspecified atom stereocenters. The summed E-state index contributed by atoms with van der Waals surface area (Å²) >= 11 is 0. The number of methoxy groups -OCH3 is 1. The molecule has 8 nitrogen and oxygen atoms in total. The molecule has 0 bridgehead atoms. The first kappa shape index (κ1) is 19.9. The predicted octanol–water partition coefficient (Wildman–Crippen LogP) is 2.26. The topological polar surface area (TPSA) is 113 Å². The van der Waals surface area contributed by atoms with Crippen LogP contribution in [0.2, 0.25) is 0 Å². The number of nitrogens with zero attached hydrogens (tertiary/aromatic N) is 1. The van der Waals surface area contributed by atoms with E-state index in [9.17, 15) is 23.9 Å². The van der Waals surface area contributed by atoms with Gasteiger partial charge in [-0.2, -0.15) is 0 Å². The van der Waals surface area contributed by atoms with Gasteiger partial charge in [0.15, 0.2) is 0 Å². The number of aromatic nitrogens is 2. The molecule has 0 radical (unpaired) electrons. The molecule has 2 aromatic carbocycles. The number of aromatic amines is 1. The van der Waals surface area contributed by atoms with Gasteiger partial charge in [-0.25, -0.2) is 9.07 Å². The largest absolute Gasteiger partial charge is 0.497 e. The molecule has 0 aliphatic rings. The van der Waals surface area contributed by atoms with Gasteiger partial charge in [0.25, 0.3) is 11.5 Å². The standard InChI is InChI=1S/C20H18FN3O5/c1-29-15-7-2-4-12(8-15)16(11-19(26)27)22-20(28)17-10-18(25)24(23-17)14-6-3-5-13(21)9-14/h2-10,16,23H,11H2,1H3,(H,22,28)(H,26,27)/t16-/m0/s1. The fourth-order valence-electron chi connectivity index (χ4n) is 2.84. The van der Waals surface area contributed by atoms with Crippen molar-refractivity contribution < 1.29 is 23.8 Å². The van der Waals surface area contributed by atoms with Crippen LogP contribution in [0.5, 0.6) is 5.75 Å². The van der Waals surface area contributed by atoms with Gasteiger partial charge in [-0.05, 0) is 35.9 Å². The van der Waals surface area contributed by atoms with Crippen LogP contribution < -0.4 is 15.6 Å². The molecule has 3 aromatic rings. The predicted molar refractivity (Wildman–Crippen MR) is 102 cm³/mol. The quantitative estimate of drug-likeness (QED) is 0.564. The molecule has 1 aromatic heterocycles. The Balaban J connectivity index is 1.87. The highest BCUT2D eigenvalue weighted by Gasteiger charge is 2.21. The van der Waals surface area contributed by atoms with Crippen LogP contribution in [0.25, 0.3) is 5.69 Å². The van der Waals surface area contributed by atoms with E-state index in [1.54, 1.807) is 24.3 Å². The molecule has 9 heteroatoms. The number of carboxylic acid groups (broad SMARTS) is 1. The summed E-state index contributed by atoms with van der Waals surface area (Å²) in [7, 11) is 1.48. The molecule has 0 saturated carbocycles. The average molecular weight is 399 g/mol. The molecule has 3 N–H and O–H groups in total. The molecule has 3 rings (SSSR count). The van der Waals surface area contributed by atoms with E-state index in [0.717, 1.165) is 16.8 Å². The molecule has 0 spiro atoms. The highest BCUT2D eigenvalue weighted by Crippen LogP contribution is 2.22. The molecular formula is C20H18FN3O5. The maximum absolute atomic E-state index is 13.4. The van der Waals surface area contributed by atoms with E-state index < -0.39 is 29.3 Å². The number of hydrogen-bond donors (Lipinski definition) is 3. The van der Waals surface area contributed by atoms with Crippen LogP contribution in [0.1, 0.15) is 28.5 Å². The third-order valence-electron chi connectivity index (χ3n) is 4.21. The van der Waals surface area contributed by atoms with E-state index >= 15 is 0 Å². The number of amides is 1. The fourth-order valence-corrected chi connectivity index (χ4v) is 2.84. The van der Waals surface area contributed by atoms with Crippen molar-refractivity contribution in [1.29, 1.82) is 0 Å². The smallest absolute Gasteiger partial charge is 0.305 e. The zero-order valence-electron chi connectivity index (χ0n) is 15.4. The summed E-state index contributed by atoms with van der Waals surface area (Å²) in [6.07, 6.45) is -0.367. The van der Waals surface area contributed by atoms with Gasteiger partial charge in [0.2, 0.25) is 0 Å². The van der Waals surface area contributed by atoms with Crippen LogP contribution in [0.15, 0.2) is 59.4 Å². The Kier molecular flexibility index (Phi) is 5.77. The minimum Gasteiger partial charge on any atom is -0.497 e. The Morgan fingerprint density at radius 1 is 1.21 bits per heavy atom. The van der Waals surface area contributed by atoms with Crippen LogP contribution in [0, 0.1) is 5.82 Å².